The number of rotatable bonds is 8. The molecule has 130 valence electrons. The van der Waals surface area contributed by atoms with Gasteiger partial charge >= 0.3 is 0 Å². The summed E-state index contributed by atoms with van der Waals surface area (Å²) in [7, 11) is -2.57. The summed E-state index contributed by atoms with van der Waals surface area (Å²) in [6.45, 7) is 5.38. The van der Waals surface area contributed by atoms with E-state index in [4.69, 9.17) is 16.3 Å². The normalized spacial score (nSPS) is 14.1. The number of amides is 1. The molecule has 6 nitrogen and oxygen atoms in total. The fourth-order valence-corrected chi connectivity index (χ4v) is 3.72. The molecule has 1 aromatic rings. The standard InChI is InChI=1S/C15H23ClN2O4S/c1-5-6-10(2)17-15(19)11(3)18-23(20,21)14-9-12(16)7-8-13(14)22-4/h7-11,18H,5-6H2,1-4H3,(H,17,19)/t10-,11+/m1/s1. The molecular formula is C15H23ClN2O4S. The summed E-state index contributed by atoms with van der Waals surface area (Å²) < 4.78 is 32.3. The predicted molar refractivity (Wildman–Crippen MR) is 90.3 cm³/mol. The fourth-order valence-electron chi connectivity index (χ4n) is 2.08. The highest BCUT2D eigenvalue weighted by atomic mass is 35.5. The van der Waals surface area contributed by atoms with E-state index in [0.29, 0.717) is 0 Å². The molecule has 0 heterocycles. The largest absolute Gasteiger partial charge is 0.495 e. The molecule has 0 aliphatic rings. The Bertz CT molecular complexity index is 649. The number of hydrogen-bond acceptors (Lipinski definition) is 4. The highest BCUT2D eigenvalue weighted by molar-refractivity contribution is 7.89. The van der Waals surface area contributed by atoms with E-state index in [1.807, 2.05) is 13.8 Å². The summed E-state index contributed by atoms with van der Waals surface area (Å²) in [5.41, 5.74) is 0. The van der Waals surface area contributed by atoms with Crippen LogP contribution in [0, 0.1) is 0 Å². The third-order valence-electron chi connectivity index (χ3n) is 3.25. The van der Waals surface area contributed by atoms with Crippen molar-refractivity contribution in [3.8, 4) is 5.75 Å². The van der Waals surface area contributed by atoms with Crippen LogP contribution in [0.3, 0.4) is 0 Å². The molecule has 0 bridgehead atoms. The van der Waals surface area contributed by atoms with Crippen molar-refractivity contribution in [3.63, 3.8) is 0 Å². The topological polar surface area (TPSA) is 84.5 Å². The van der Waals surface area contributed by atoms with Crippen LogP contribution in [0.2, 0.25) is 5.02 Å². The second-order valence-electron chi connectivity index (χ2n) is 5.34. The number of hydrogen-bond donors (Lipinski definition) is 2. The van der Waals surface area contributed by atoms with Crippen molar-refractivity contribution < 1.29 is 17.9 Å². The van der Waals surface area contributed by atoms with Gasteiger partial charge in [0.1, 0.15) is 10.6 Å². The molecule has 0 aliphatic carbocycles. The van der Waals surface area contributed by atoms with E-state index in [2.05, 4.69) is 10.0 Å². The molecule has 2 atom stereocenters. The summed E-state index contributed by atoms with van der Waals surface area (Å²) in [5.74, 6) is -0.218. The Labute approximate surface area is 142 Å². The van der Waals surface area contributed by atoms with Gasteiger partial charge in [0.05, 0.1) is 13.2 Å². The van der Waals surface area contributed by atoms with E-state index in [1.165, 1.54) is 32.2 Å². The van der Waals surface area contributed by atoms with Gasteiger partial charge in [-0.15, -0.1) is 0 Å². The molecule has 0 aromatic heterocycles. The first-order valence-corrected chi connectivity index (χ1v) is 9.23. The van der Waals surface area contributed by atoms with Gasteiger partial charge in [0.15, 0.2) is 0 Å². The van der Waals surface area contributed by atoms with E-state index in [9.17, 15) is 13.2 Å². The lowest BCUT2D eigenvalue weighted by Gasteiger charge is -2.19. The Balaban J connectivity index is 2.90. The van der Waals surface area contributed by atoms with Crippen molar-refractivity contribution in [1.82, 2.24) is 10.0 Å². The molecular weight excluding hydrogens is 340 g/mol. The van der Waals surface area contributed by atoms with Gasteiger partial charge in [0, 0.05) is 11.1 Å². The van der Waals surface area contributed by atoms with E-state index < -0.39 is 16.1 Å². The zero-order valence-electron chi connectivity index (χ0n) is 13.7. The number of carbonyl (C=O) groups is 1. The molecule has 0 unspecified atom stereocenters. The first-order chi connectivity index (χ1) is 10.7. The van der Waals surface area contributed by atoms with Gasteiger partial charge in [-0.1, -0.05) is 24.9 Å². The Kier molecular flexibility index (Phi) is 7.31. The van der Waals surface area contributed by atoms with Crippen molar-refractivity contribution >= 4 is 27.5 Å². The van der Waals surface area contributed by atoms with Gasteiger partial charge in [-0.25, -0.2) is 8.42 Å². The van der Waals surface area contributed by atoms with Crippen LogP contribution >= 0.6 is 11.6 Å². The van der Waals surface area contributed by atoms with Crippen LogP contribution < -0.4 is 14.8 Å². The van der Waals surface area contributed by atoms with Gasteiger partial charge in [-0.2, -0.15) is 4.72 Å². The number of sulfonamides is 1. The molecule has 1 aromatic carbocycles. The number of ether oxygens (including phenoxy) is 1. The summed E-state index contributed by atoms with van der Waals surface area (Å²) >= 11 is 5.86. The van der Waals surface area contributed by atoms with E-state index in [-0.39, 0.29) is 27.6 Å². The van der Waals surface area contributed by atoms with Gasteiger partial charge in [-0.3, -0.25) is 4.79 Å². The van der Waals surface area contributed by atoms with Gasteiger partial charge in [0.2, 0.25) is 15.9 Å². The molecule has 23 heavy (non-hydrogen) atoms. The summed E-state index contributed by atoms with van der Waals surface area (Å²) in [6.07, 6.45) is 1.76. The molecule has 0 saturated carbocycles. The number of nitrogens with one attached hydrogen (secondary N) is 2. The van der Waals surface area contributed by atoms with Gasteiger partial charge < -0.3 is 10.1 Å². The van der Waals surface area contributed by atoms with Crippen molar-refractivity contribution in [3.05, 3.63) is 23.2 Å². The second kappa shape index (κ2) is 8.52. The number of benzene rings is 1. The third-order valence-corrected chi connectivity index (χ3v) is 5.05. The summed E-state index contributed by atoms with van der Waals surface area (Å²) in [6, 6.07) is 3.35. The van der Waals surface area contributed by atoms with Crippen LogP contribution in [-0.4, -0.2) is 33.5 Å². The Morgan fingerprint density at radius 1 is 1.35 bits per heavy atom. The summed E-state index contributed by atoms with van der Waals surface area (Å²) in [5, 5.41) is 3.04. The van der Waals surface area contributed by atoms with Crippen LogP contribution in [0.5, 0.6) is 5.75 Å². The maximum Gasteiger partial charge on any atom is 0.245 e. The molecule has 0 radical (unpaired) electrons. The van der Waals surface area contributed by atoms with Crippen molar-refractivity contribution in [2.24, 2.45) is 0 Å². The average molecular weight is 363 g/mol. The molecule has 0 saturated heterocycles. The Hall–Kier alpha value is -1.31. The Morgan fingerprint density at radius 3 is 2.57 bits per heavy atom. The zero-order valence-corrected chi connectivity index (χ0v) is 15.3. The first kappa shape index (κ1) is 19.7. The molecule has 2 N–H and O–H groups in total. The minimum atomic E-state index is -3.94. The average Bonchev–Trinajstić information content (AvgIpc) is 2.46. The van der Waals surface area contributed by atoms with Crippen LogP contribution in [0.15, 0.2) is 23.1 Å². The minimum absolute atomic E-state index is 0.0137. The summed E-state index contributed by atoms with van der Waals surface area (Å²) in [4.78, 5) is 12.0. The predicted octanol–water partition coefficient (Wildman–Crippen LogP) is 2.32. The first-order valence-electron chi connectivity index (χ1n) is 7.37. The molecule has 1 rings (SSSR count). The molecule has 0 spiro atoms. The van der Waals surface area contributed by atoms with Gasteiger partial charge in [-0.05, 0) is 38.5 Å². The van der Waals surface area contributed by atoms with E-state index in [0.717, 1.165) is 12.8 Å². The fraction of sp³-hybridized carbons (Fsp3) is 0.533. The third kappa shape index (κ3) is 5.67. The lowest BCUT2D eigenvalue weighted by atomic mass is 10.2. The van der Waals surface area contributed by atoms with E-state index >= 15 is 0 Å². The number of carbonyl (C=O) groups excluding carboxylic acids is 1. The minimum Gasteiger partial charge on any atom is -0.495 e. The Morgan fingerprint density at radius 2 is 2.00 bits per heavy atom. The maximum atomic E-state index is 12.5. The van der Waals surface area contributed by atoms with Crippen molar-refractivity contribution in [2.75, 3.05) is 7.11 Å². The lowest BCUT2D eigenvalue weighted by Crippen LogP contribution is -2.47. The highest BCUT2D eigenvalue weighted by Gasteiger charge is 2.25. The maximum absolute atomic E-state index is 12.5. The molecule has 8 heteroatoms. The SMILES string of the molecule is CCC[C@@H](C)NC(=O)[C@H](C)NS(=O)(=O)c1cc(Cl)ccc1OC. The smallest absolute Gasteiger partial charge is 0.245 e. The van der Waals surface area contributed by atoms with Crippen molar-refractivity contribution in [1.29, 1.82) is 0 Å². The monoisotopic (exact) mass is 362 g/mol. The zero-order chi connectivity index (χ0) is 17.6. The van der Waals surface area contributed by atoms with Crippen LogP contribution in [-0.2, 0) is 14.8 Å². The molecule has 1 amide bonds. The number of halogens is 1. The molecule has 0 aliphatic heterocycles. The quantitative estimate of drug-likeness (QED) is 0.743. The van der Waals surface area contributed by atoms with Gasteiger partial charge in [0.25, 0.3) is 0 Å². The second-order valence-corrected chi connectivity index (χ2v) is 7.46. The molecule has 0 fully saturated rings. The lowest BCUT2D eigenvalue weighted by molar-refractivity contribution is -0.123. The number of methoxy groups -OCH3 is 1. The van der Waals surface area contributed by atoms with Crippen LogP contribution in [0.25, 0.3) is 0 Å². The van der Waals surface area contributed by atoms with Crippen LogP contribution in [0.1, 0.15) is 33.6 Å². The van der Waals surface area contributed by atoms with Crippen LogP contribution in [0.4, 0.5) is 0 Å². The van der Waals surface area contributed by atoms with Crippen molar-refractivity contribution in [2.45, 2.75) is 50.6 Å². The highest BCUT2D eigenvalue weighted by Crippen LogP contribution is 2.27. The van der Waals surface area contributed by atoms with E-state index in [1.54, 1.807) is 0 Å².